The van der Waals surface area contributed by atoms with Crippen molar-refractivity contribution in [2.24, 2.45) is 5.73 Å². The third kappa shape index (κ3) is 1.99. The second-order valence-electron chi connectivity index (χ2n) is 6.24. The second kappa shape index (κ2) is 5.22. The van der Waals surface area contributed by atoms with Crippen molar-refractivity contribution in [3.63, 3.8) is 0 Å². The molecule has 0 saturated carbocycles. The van der Waals surface area contributed by atoms with Crippen LogP contribution >= 0.6 is 11.8 Å². The Balaban J connectivity index is 2.04. The number of pyridine rings is 1. The first-order valence-electron chi connectivity index (χ1n) is 7.66. The molecule has 2 aliphatic rings. The molecule has 1 atom stereocenters. The first kappa shape index (κ1) is 15.5. The fourth-order valence-electron chi connectivity index (χ4n) is 3.49. The first-order valence-corrected chi connectivity index (χ1v) is 8.65. The number of nitrogens with zero attached hydrogens (tertiary/aromatic N) is 2. The number of fused-ring (bicyclic) bond motifs is 3. The molecule has 3 heterocycles. The smallest absolute Gasteiger partial charge is 0.342 e. The highest BCUT2D eigenvalue weighted by Gasteiger charge is 2.31. The lowest BCUT2D eigenvalue weighted by atomic mass is 10.0. The van der Waals surface area contributed by atoms with Crippen LogP contribution in [0, 0.1) is 12.7 Å². The Morgan fingerprint density at radius 3 is 2.79 bits per heavy atom. The van der Waals surface area contributed by atoms with Gasteiger partial charge < -0.3 is 20.3 Å². The maximum Gasteiger partial charge on any atom is 0.342 e. The number of carboxylic acids is 1. The maximum absolute atomic E-state index is 14.9. The molecule has 0 spiro atoms. The van der Waals surface area contributed by atoms with Crippen LogP contribution in [0.1, 0.15) is 22.3 Å². The van der Waals surface area contributed by atoms with Gasteiger partial charge in [-0.1, -0.05) is 11.8 Å². The summed E-state index contributed by atoms with van der Waals surface area (Å²) >= 11 is 1.32. The van der Waals surface area contributed by atoms with Gasteiger partial charge in [-0.15, -0.1) is 0 Å². The van der Waals surface area contributed by atoms with E-state index < -0.39 is 17.2 Å². The van der Waals surface area contributed by atoms with Crippen molar-refractivity contribution in [1.82, 2.24) is 4.57 Å². The van der Waals surface area contributed by atoms with E-state index in [1.807, 2.05) is 4.90 Å². The van der Waals surface area contributed by atoms with Gasteiger partial charge in [0.1, 0.15) is 11.4 Å². The van der Waals surface area contributed by atoms with E-state index in [2.05, 4.69) is 0 Å². The molecule has 0 aliphatic carbocycles. The van der Waals surface area contributed by atoms with Crippen molar-refractivity contribution in [3.05, 3.63) is 33.2 Å². The minimum absolute atomic E-state index is 0.0102. The molecule has 2 aromatic rings. The van der Waals surface area contributed by atoms with E-state index in [9.17, 15) is 19.1 Å². The molecule has 8 heteroatoms. The first-order chi connectivity index (χ1) is 11.4. The van der Waals surface area contributed by atoms with Gasteiger partial charge in [-0.2, -0.15) is 0 Å². The molecule has 24 heavy (non-hydrogen) atoms. The van der Waals surface area contributed by atoms with Crippen molar-refractivity contribution >= 4 is 34.3 Å². The van der Waals surface area contributed by atoms with Gasteiger partial charge in [0.05, 0.1) is 27.5 Å². The van der Waals surface area contributed by atoms with E-state index in [0.29, 0.717) is 35.2 Å². The molecule has 1 saturated heterocycles. The fourth-order valence-corrected chi connectivity index (χ4v) is 4.43. The van der Waals surface area contributed by atoms with Crippen LogP contribution in [0.25, 0.3) is 10.9 Å². The Kier molecular flexibility index (Phi) is 3.36. The van der Waals surface area contributed by atoms with Crippen molar-refractivity contribution < 1.29 is 14.3 Å². The lowest BCUT2D eigenvalue weighted by Crippen LogP contribution is -2.29. The molecule has 126 valence electrons. The van der Waals surface area contributed by atoms with Crippen LogP contribution in [-0.4, -0.2) is 34.8 Å². The standard InChI is InChI=1S/C16H16FN3O3S/c1-7-11-9(4-10(13(7)17)19-3-2-8(18)5-19)20-6-24-15(20)12(14(11)21)16(22)23/h4,8H,2-3,5-6,18H2,1H3,(H,22,23). The zero-order valence-electron chi connectivity index (χ0n) is 13.0. The summed E-state index contributed by atoms with van der Waals surface area (Å²) in [6, 6.07) is 1.67. The van der Waals surface area contributed by atoms with E-state index >= 15 is 0 Å². The largest absolute Gasteiger partial charge is 0.477 e. The molecule has 3 N–H and O–H groups in total. The zero-order chi connectivity index (χ0) is 17.2. The summed E-state index contributed by atoms with van der Waals surface area (Å²) in [7, 11) is 0. The van der Waals surface area contributed by atoms with Gasteiger partial charge in [0, 0.05) is 24.7 Å². The molecule has 0 bridgehead atoms. The summed E-state index contributed by atoms with van der Waals surface area (Å²) < 4.78 is 16.7. The molecule has 1 aromatic carbocycles. The number of benzene rings is 1. The lowest BCUT2D eigenvalue weighted by molar-refractivity contribution is 0.0689. The summed E-state index contributed by atoms with van der Waals surface area (Å²) in [5.74, 6) is -1.19. The van der Waals surface area contributed by atoms with Gasteiger partial charge in [-0.3, -0.25) is 4.79 Å². The van der Waals surface area contributed by atoms with Crippen molar-refractivity contribution in [1.29, 1.82) is 0 Å². The highest BCUT2D eigenvalue weighted by atomic mass is 32.2. The monoisotopic (exact) mass is 349 g/mol. The average Bonchev–Trinajstić information content (AvgIpc) is 2.91. The van der Waals surface area contributed by atoms with Gasteiger partial charge in [-0.05, 0) is 19.4 Å². The zero-order valence-corrected chi connectivity index (χ0v) is 13.8. The van der Waals surface area contributed by atoms with Gasteiger partial charge in [-0.25, -0.2) is 9.18 Å². The second-order valence-corrected chi connectivity index (χ2v) is 7.17. The van der Waals surface area contributed by atoms with E-state index in [1.165, 1.54) is 18.7 Å². The number of anilines is 1. The van der Waals surface area contributed by atoms with Crippen molar-refractivity contribution in [2.75, 3.05) is 18.0 Å². The van der Waals surface area contributed by atoms with Gasteiger partial charge in [0.25, 0.3) is 0 Å². The molecule has 4 rings (SSSR count). The van der Waals surface area contributed by atoms with E-state index in [1.54, 1.807) is 10.6 Å². The highest BCUT2D eigenvalue weighted by molar-refractivity contribution is 7.99. The van der Waals surface area contributed by atoms with Crippen LogP contribution < -0.4 is 16.1 Å². The quantitative estimate of drug-likeness (QED) is 0.859. The molecule has 1 aromatic heterocycles. The molecule has 1 fully saturated rings. The van der Waals surface area contributed by atoms with Gasteiger partial charge >= 0.3 is 5.97 Å². The number of carboxylic acid groups (broad SMARTS) is 1. The highest BCUT2D eigenvalue weighted by Crippen LogP contribution is 2.39. The summed E-state index contributed by atoms with van der Waals surface area (Å²) in [6.45, 7) is 2.77. The van der Waals surface area contributed by atoms with E-state index in [0.717, 1.165) is 6.42 Å². The fraction of sp³-hybridized carbons (Fsp3) is 0.375. The normalized spacial score (nSPS) is 19.5. The molecular formula is C16H16FN3O3S. The number of halogens is 1. The van der Waals surface area contributed by atoms with Crippen LogP contribution in [0.15, 0.2) is 15.9 Å². The molecule has 1 unspecified atom stereocenters. The molecule has 0 radical (unpaired) electrons. The summed E-state index contributed by atoms with van der Waals surface area (Å²) in [5.41, 5.74) is 6.26. The number of hydrogen-bond acceptors (Lipinski definition) is 5. The van der Waals surface area contributed by atoms with Crippen molar-refractivity contribution in [3.8, 4) is 0 Å². The predicted octanol–water partition coefficient (Wildman–Crippen LogP) is 1.75. The molecule has 6 nitrogen and oxygen atoms in total. The Morgan fingerprint density at radius 1 is 1.50 bits per heavy atom. The minimum atomic E-state index is -1.27. The summed E-state index contributed by atoms with van der Waals surface area (Å²) in [5, 5.41) is 9.93. The van der Waals surface area contributed by atoms with Crippen LogP contribution in [0.4, 0.5) is 10.1 Å². The van der Waals surface area contributed by atoms with Gasteiger partial charge in [0.2, 0.25) is 5.43 Å². The van der Waals surface area contributed by atoms with Crippen LogP contribution in [-0.2, 0) is 5.88 Å². The van der Waals surface area contributed by atoms with Crippen LogP contribution in [0.5, 0.6) is 0 Å². The van der Waals surface area contributed by atoms with E-state index in [4.69, 9.17) is 5.73 Å². The number of aryl methyl sites for hydroxylation is 1. The summed E-state index contributed by atoms with van der Waals surface area (Å²) in [4.78, 5) is 26.0. The lowest BCUT2D eigenvalue weighted by Gasteiger charge is -2.28. The maximum atomic E-state index is 14.9. The number of aromatic nitrogens is 1. The van der Waals surface area contributed by atoms with Crippen molar-refractivity contribution in [2.45, 2.75) is 30.3 Å². The number of carbonyl (C=O) groups is 1. The Morgan fingerprint density at radius 2 is 2.25 bits per heavy atom. The van der Waals surface area contributed by atoms with Gasteiger partial charge in [0.15, 0.2) is 0 Å². The molecule has 2 aliphatic heterocycles. The number of rotatable bonds is 2. The van der Waals surface area contributed by atoms with Crippen LogP contribution in [0.3, 0.4) is 0 Å². The number of thioether (sulfide) groups is 1. The third-order valence-electron chi connectivity index (χ3n) is 4.77. The number of nitrogens with two attached hydrogens (primary N) is 1. The number of aromatic carboxylic acids is 1. The molecule has 0 amide bonds. The minimum Gasteiger partial charge on any atom is -0.477 e. The SMILES string of the molecule is Cc1c(F)c(N2CCC(N)C2)cc2c1c(=O)c(C(=O)O)c1n2CS1. The Labute approximate surface area is 141 Å². The third-order valence-corrected chi connectivity index (χ3v) is 5.86. The Hall–Kier alpha value is -2.06. The topological polar surface area (TPSA) is 88.6 Å². The molecular weight excluding hydrogens is 333 g/mol. The predicted molar refractivity (Wildman–Crippen MR) is 90.5 cm³/mol. The number of hydrogen-bond donors (Lipinski definition) is 2. The van der Waals surface area contributed by atoms with E-state index in [-0.39, 0.29) is 22.6 Å². The summed E-state index contributed by atoms with van der Waals surface area (Å²) in [6.07, 6.45) is 0.794. The van der Waals surface area contributed by atoms with Crippen LogP contribution in [0.2, 0.25) is 0 Å². The Bertz CT molecular complexity index is 956. The average molecular weight is 349 g/mol.